The van der Waals surface area contributed by atoms with Crippen molar-refractivity contribution in [3.63, 3.8) is 0 Å². The molecule has 0 unspecified atom stereocenters. The van der Waals surface area contributed by atoms with E-state index in [9.17, 15) is 14.4 Å². The quantitative estimate of drug-likeness (QED) is 0.510. The number of fused-ring (bicyclic) bond motifs is 1. The first-order valence-corrected chi connectivity index (χ1v) is 11.0. The third-order valence-corrected chi connectivity index (χ3v) is 5.71. The lowest BCUT2D eigenvalue weighted by Crippen LogP contribution is -2.46. The number of amides is 3. The van der Waals surface area contributed by atoms with Crippen molar-refractivity contribution in [3.8, 4) is 11.5 Å². The second kappa shape index (κ2) is 10.6. The third kappa shape index (κ3) is 5.81. The van der Waals surface area contributed by atoms with E-state index < -0.39 is 36.5 Å². The summed E-state index contributed by atoms with van der Waals surface area (Å²) < 4.78 is 27.5. The largest absolute Gasteiger partial charge is 0.497 e. The molecule has 2 heterocycles. The van der Waals surface area contributed by atoms with E-state index in [-0.39, 0.29) is 19.0 Å². The summed E-state index contributed by atoms with van der Waals surface area (Å²) in [7, 11) is 3.04. The third-order valence-electron chi connectivity index (χ3n) is 5.71. The Kier molecular flexibility index (Phi) is 7.37. The van der Waals surface area contributed by atoms with E-state index in [0.29, 0.717) is 28.4 Å². The second-order valence-corrected chi connectivity index (χ2v) is 8.11. The molecule has 11 nitrogen and oxygen atoms in total. The van der Waals surface area contributed by atoms with Crippen LogP contribution in [-0.4, -0.2) is 69.7 Å². The van der Waals surface area contributed by atoms with E-state index in [4.69, 9.17) is 23.7 Å². The van der Waals surface area contributed by atoms with Gasteiger partial charge in [0.25, 0.3) is 0 Å². The normalized spacial score (nSPS) is 22.6. The fourth-order valence-corrected chi connectivity index (χ4v) is 4.00. The van der Waals surface area contributed by atoms with Crippen LogP contribution in [0.25, 0.3) is 0 Å². The summed E-state index contributed by atoms with van der Waals surface area (Å²) in [6, 6.07) is 10.7. The van der Waals surface area contributed by atoms with Gasteiger partial charge < -0.3 is 34.3 Å². The average Bonchev–Trinajstić information content (AvgIpc) is 3.42. The lowest BCUT2D eigenvalue weighted by Gasteiger charge is -2.18. The SMILES string of the molecule is COc1cc(NC(=O)N[C@H]2CO[C@H]3[C@H]2OC[C@@H]3OC(=O)Nc2cccc(C(C)=O)c2)cc(OC)c1. The van der Waals surface area contributed by atoms with Gasteiger partial charge >= 0.3 is 12.1 Å². The molecule has 186 valence electrons. The van der Waals surface area contributed by atoms with Crippen LogP contribution in [-0.2, 0) is 14.2 Å². The number of anilines is 2. The van der Waals surface area contributed by atoms with Gasteiger partial charge in [-0.25, -0.2) is 9.59 Å². The van der Waals surface area contributed by atoms with Crippen LogP contribution in [0, 0.1) is 0 Å². The molecule has 0 radical (unpaired) electrons. The van der Waals surface area contributed by atoms with Gasteiger partial charge in [0.1, 0.15) is 23.7 Å². The van der Waals surface area contributed by atoms with Gasteiger partial charge in [0.2, 0.25) is 0 Å². The number of methoxy groups -OCH3 is 2. The molecule has 0 saturated carbocycles. The molecule has 3 amide bonds. The van der Waals surface area contributed by atoms with Crippen molar-refractivity contribution in [2.45, 2.75) is 31.3 Å². The van der Waals surface area contributed by atoms with Crippen LogP contribution >= 0.6 is 0 Å². The average molecular weight is 485 g/mol. The molecular weight excluding hydrogens is 458 g/mol. The first-order chi connectivity index (χ1) is 16.9. The Balaban J connectivity index is 1.30. The molecule has 4 rings (SSSR count). The molecule has 4 atom stereocenters. The van der Waals surface area contributed by atoms with Crippen LogP contribution in [0.5, 0.6) is 11.5 Å². The van der Waals surface area contributed by atoms with E-state index in [1.807, 2.05) is 0 Å². The minimum absolute atomic E-state index is 0.110. The molecule has 2 saturated heterocycles. The van der Waals surface area contributed by atoms with Crippen LogP contribution in [0.3, 0.4) is 0 Å². The molecule has 2 aromatic carbocycles. The van der Waals surface area contributed by atoms with Gasteiger partial charge in [-0.15, -0.1) is 0 Å². The zero-order chi connectivity index (χ0) is 24.9. The van der Waals surface area contributed by atoms with Gasteiger partial charge in [0.15, 0.2) is 11.9 Å². The number of carbonyl (C=O) groups excluding carboxylic acids is 3. The first kappa shape index (κ1) is 24.3. The van der Waals surface area contributed by atoms with Gasteiger partial charge in [0, 0.05) is 35.1 Å². The monoisotopic (exact) mass is 485 g/mol. The highest BCUT2D eigenvalue weighted by Gasteiger charge is 2.50. The van der Waals surface area contributed by atoms with Crippen molar-refractivity contribution >= 4 is 29.3 Å². The number of carbonyl (C=O) groups is 3. The Morgan fingerprint density at radius 3 is 2.29 bits per heavy atom. The van der Waals surface area contributed by atoms with Crippen molar-refractivity contribution in [2.24, 2.45) is 0 Å². The molecule has 2 fully saturated rings. The number of ketones is 1. The van der Waals surface area contributed by atoms with Crippen molar-refractivity contribution in [1.82, 2.24) is 5.32 Å². The molecule has 35 heavy (non-hydrogen) atoms. The fourth-order valence-electron chi connectivity index (χ4n) is 4.00. The van der Waals surface area contributed by atoms with E-state index >= 15 is 0 Å². The summed E-state index contributed by atoms with van der Waals surface area (Å²) in [5.74, 6) is 0.963. The summed E-state index contributed by atoms with van der Waals surface area (Å²) >= 11 is 0. The summed E-state index contributed by atoms with van der Waals surface area (Å²) in [5.41, 5.74) is 1.41. The Morgan fingerprint density at radius 2 is 1.60 bits per heavy atom. The highest BCUT2D eigenvalue weighted by Crippen LogP contribution is 2.30. The number of nitrogens with one attached hydrogen (secondary N) is 3. The minimum Gasteiger partial charge on any atom is -0.497 e. The maximum Gasteiger partial charge on any atom is 0.412 e. The fraction of sp³-hybridized carbons (Fsp3) is 0.375. The molecular formula is C24H27N3O8. The lowest BCUT2D eigenvalue weighted by molar-refractivity contribution is 0.00873. The molecule has 0 spiro atoms. The number of ether oxygens (including phenoxy) is 5. The Bertz CT molecular complexity index is 1090. The summed E-state index contributed by atoms with van der Waals surface area (Å²) in [6.45, 7) is 1.78. The second-order valence-electron chi connectivity index (χ2n) is 8.11. The lowest BCUT2D eigenvalue weighted by atomic mass is 10.1. The minimum atomic E-state index is -0.690. The van der Waals surface area contributed by atoms with Crippen molar-refractivity contribution in [2.75, 3.05) is 38.1 Å². The molecule has 2 aliphatic rings. The molecule has 3 N–H and O–H groups in total. The number of benzene rings is 2. The molecule has 0 aliphatic carbocycles. The number of Topliss-reactive ketones (excluding diaryl/α,β-unsaturated/α-hetero) is 1. The Labute approximate surface area is 202 Å². The molecule has 2 aromatic rings. The molecule has 11 heteroatoms. The Hall–Kier alpha value is -3.83. The number of rotatable bonds is 7. The predicted molar refractivity (Wildman–Crippen MR) is 125 cm³/mol. The van der Waals surface area contributed by atoms with E-state index in [0.717, 1.165) is 0 Å². The van der Waals surface area contributed by atoms with E-state index in [1.54, 1.807) is 42.5 Å². The number of urea groups is 1. The van der Waals surface area contributed by atoms with Crippen LogP contribution in [0.2, 0.25) is 0 Å². The van der Waals surface area contributed by atoms with Crippen molar-refractivity contribution < 1.29 is 38.1 Å². The van der Waals surface area contributed by atoms with Crippen LogP contribution in [0.4, 0.5) is 21.0 Å². The molecule has 0 aromatic heterocycles. The summed E-state index contributed by atoms with van der Waals surface area (Å²) in [4.78, 5) is 36.5. The van der Waals surface area contributed by atoms with Crippen LogP contribution in [0.15, 0.2) is 42.5 Å². The highest BCUT2D eigenvalue weighted by atomic mass is 16.6. The van der Waals surface area contributed by atoms with Crippen molar-refractivity contribution in [1.29, 1.82) is 0 Å². The van der Waals surface area contributed by atoms with Crippen molar-refractivity contribution in [3.05, 3.63) is 48.0 Å². The zero-order valence-electron chi connectivity index (χ0n) is 19.5. The van der Waals surface area contributed by atoms with Gasteiger partial charge in [-0.3, -0.25) is 10.1 Å². The smallest absolute Gasteiger partial charge is 0.412 e. The maximum atomic E-state index is 12.6. The highest BCUT2D eigenvalue weighted by molar-refractivity contribution is 5.96. The summed E-state index contributed by atoms with van der Waals surface area (Å²) in [6.07, 6.45) is -2.33. The number of hydrogen-bond donors (Lipinski definition) is 3. The van der Waals surface area contributed by atoms with Gasteiger partial charge in [-0.2, -0.15) is 0 Å². The predicted octanol–water partition coefficient (Wildman–Crippen LogP) is 2.81. The molecule has 0 bridgehead atoms. The van der Waals surface area contributed by atoms with E-state index in [1.165, 1.54) is 21.1 Å². The Morgan fingerprint density at radius 1 is 0.886 bits per heavy atom. The number of hydrogen-bond acceptors (Lipinski definition) is 8. The van der Waals surface area contributed by atoms with Crippen LogP contribution < -0.4 is 25.4 Å². The van der Waals surface area contributed by atoms with Gasteiger partial charge in [-0.05, 0) is 19.1 Å². The zero-order valence-corrected chi connectivity index (χ0v) is 19.5. The van der Waals surface area contributed by atoms with Gasteiger partial charge in [-0.1, -0.05) is 12.1 Å². The molecule has 2 aliphatic heterocycles. The van der Waals surface area contributed by atoms with Crippen LogP contribution in [0.1, 0.15) is 17.3 Å². The maximum absolute atomic E-state index is 12.6. The standard InChI is InChI=1S/C24H27N3O8/c1-13(28)14-5-4-6-15(7-14)26-24(30)35-20-12-34-21-19(11-33-22(20)21)27-23(29)25-16-8-17(31-2)10-18(9-16)32-3/h4-10,19-22H,11-12H2,1-3H3,(H,26,30)(H2,25,27,29)/t19-,20-,21-,22+/m0/s1. The van der Waals surface area contributed by atoms with Gasteiger partial charge in [0.05, 0.1) is 33.5 Å². The topological polar surface area (TPSA) is 133 Å². The van der Waals surface area contributed by atoms with E-state index in [2.05, 4.69) is 16.0 Å². The summed E-state index contributed by atoms with van der Waals surface area (Å²) in [5, 5.41) is 8.18. The first-order valence-electron chi connectivity index (χ1n) is 11.0.